The van der Waals surface area contributed by atoms with Gasteiger partial charge in [-0.25, -0.2) is 0 Å². The van der Waals surface area contributed by atoms with Gasteiger partial charge in [-0.1, -0.05) is 22.0 Å². The van der Waals surface area contributed by atoms with E-state index in [1.165, 1.54) is 0 Å². The summed E-state index contributed by atoms with van der Waals surface area (Å²) in [6.07, 6.45) is 0.789. The SMILES string of the molecule is NCCCNC(=O)c1cc2ccc(Br)cc2[nH]1. The first-order valence-corrected chi connectivity index (χ1v) is 6.26. The number of fused-ring (bicyclic) bond motifs is 1. The van der Waals surface area contributed by atoms with Crippen molar-refractivity contribution in [3.63, 3.8) is 0 Å². The summed E-state index contributed by atoms with van der Waals surface area (Å²) in [5.74, 6) is -0.0919. The average Bonchev–Trinajstić information content (AvgIpc) is 2.72. The van der Waals surface area contributed by atoms with E-state index in [1.807, 2.05) is 24.3 Å². The average molecular weight is 296 g/mol. The molecule has 2 rings (SSSR count). The second-order valence-electron chi connectivity index (χ2n) is 3.81. The molecular weight excluding hydrogens is 282 g/mol. The van der Waals surface area contributed by atoms with E-state index in [9.17, 15) is 4.79 Å². The van der Waals surface area contributed by atoms with Crippen LogP contribution >= 0.6 is 15.9 Å². The molecule has 0 spiro atoms. The smallest absolute Gasteiger partial charge is 0.267 e. The Balaban J connectivity index is 2.15. The molecule has 0 unspecified atom stereocenters. The van der Waals surface area contributed by atoms with Crippen LogP contribution in [0.4, 0.5) is 0 Å². The molecule has 0 bridgehead atoms. The van der Waals surface area contributed by atoms with Crippen molar-refractivity contribution in [2.24, 2.45) is 5.73 Å². The summed E-state index contributed by atoms with van der Waals surface area (Å²) < 4.78 is 0.988. The van der Waals surface area contributed by atoms with Gasteiger partial charge in [0.2, 0.25) is 0 Å². The van der Waals surface area contributed by atoms with Crippen LogP contribution in [0.15, 0.2) is 28.7 Å². The first-order valence-electron chi connectivity index (χ1n) is 5.47. The molecule has 17 heavy (non-hydrogen) atoms. The number of amides is 1. The fraction of sp³-hybridized carbons (Fsp3) is 0.250. The zero-order valence-electron chi connectivity index (χ0n) is 9.29. The van der Waals surface area contributed by atoms with E-state index in [0.29, 0.717) is 18.8 Å². The highest BCUT2D eigenvalue weighted by Gasteiger charge is 2.08. The molecule has 1 aromatic carbocycles. The normalized spacial score (nSPS) is 10.7. The predicted molar refractivity (Wildman–Crippen MR) is 72.0 cm³/mol. The first-order chi connectivity index (χ1) is 8.20. The second-order valence-corrected chi connectivity index (χ2v) is 4.73. The summed E-state index contributed by atoms with van der Waals surface area (Å²) in [5.41, 5.74) is 6.89. The zero-order chi connectivity index (χ0) is 12.3. The van der Waals surface area contributed by atoms with Gasteiger partial charge in [0, 0.05) is 21.9 Å². The van der Waals surface area contributed by atoms with Gasteiger partial charge in [0.1, 0.15) is 5.69 Å². The van der Waals surface area contributed by atoms with Gasteiger partial charge in [0.05, 0.1) is 0 Å². The summed E-state index contributed by atoms with van der Waals surface area (Å²) in [4.78, 5) is 14.9. The number of nitrogens with one attached hydrogen (secondary N) is 2. The molecule has 1 aromatic heterocycles. The molecule has 0 aliphatic heterocycles. The van der Waals surface area contributed by atoms with Crippen LogP contribution in [0.3, 0.4) is 0 Å². The highest BCUT2D eigenvalue weighted by molar-refractivity contribution is 9.10. The molecule has 0 aliphatic carbocycles. The number of rotatable bonds is 4. The molecule has 4 nitrogen and oxygen atoms in total. The number of carbonyl (C=O) groups excluding carboxylic acids is 1. The highest BCUT2D eigenvalue weighted by Crippen LogP contribution is 2.20. The summed E-state index contributed by atoms with van der Waals surface area (Å²) in [7, 11) is 0. The Morgan fingerprint density at radius 3 is 3.00 bits per heavy atom. The standard InChI is InChI=1S/C12H14BrN3O/c13-9-3-2-8-6-11(16-10(8)7-9)12(17)15-5-1-4-14/h2-3,6-7,16H,1,4-5,14H2,(H,15,17). The lowest BCUT2D eigenvalue weighted by molar-refractivity contribution is 0.0949. The molecule has 0 aliphatic rings. The second kappa shape index (κ2) is 5.33. The Morgan fingerprint density at radius 2 is 2.24 bits per heavy atom. The number of nitrogens with two attached hydrogens (primary N) is 1. The number of benzene rings is 1. The minimum atomic E-state index is -0.0919. The van der Waals surface area contributed by atoms with Gasteiger partial charge in [-0.05, 0) is 31.2 Å². The van der Waals surface area contributed by atoms with Crippen LogP contribution in [0.25, 0.3) is 10.9 Å². The lowest BCUT2D eigenvalue weighted by Gasteiger charge is -2.01. The van der Waals surface area contributed by atoms with E-state index >= 15 is 0 Å². The molecule has 1 amide bonds. The molecule has 0 atom stereocenters. The summed E-state index contributed by atoms with van der Waals surface area (Å²) >= 11 is 3.40. The Hall–Kier alpha value is -1.33. The lowest BCUT2D eigenvalue weighted by atomic mass is 10.2. The number of aromatic nitrogens is 1. The van der Waals surface area contributed by atoms with E-state index in [2.05, 4.69) is 26.2 Å². The van der Waals surface area contributed by atoms with Gasteiger partial charge in [-0.2, -0.15) is 0 Å². The minimum Gasteiger partial charge on any atom is -0.351 e. The van der Waals surface area contributed by atoms with Gasteiger partial charge in [0.25, 0.3) is 5.91 Å². The molecule has 2 aromatic rings. The van der Waals surface area contributed by atoms with Crippen LogP contribution in [0.1, 0.15) is 16.9 Å². The van der Waals surface area contributed by atoms with Gasteiger partial charge >= 0.3 is 0 Å². The molecule has 0 fully saturated rings. The molecular formula is C12H14BrN3O. The Bertz CT molecular complexity index is 536. The van der Waals surface area contributed by atoms with Crippen molar-refractivity contribution < 1.29 is 4.79 Å². The predicted octanol–water partition coefficient (Wildman–Crippen LogP) is 2.01. The third-order valence-corrected chi connectivity index (χ3v) is 2.99. The number of halogens is 1. The minimum absolute atomic E-state index is 0.0919. The molecule has 0 radical (unpaired) electrons. The van der Waals surface area contributed by atoms with Crippen molar-refractivity contribution in [2.75, 3.05) is 13.1 Å². The number of H-pyrrole nitrogens is 1. The Labute approximate surface area is 108 Å². The zero-order valence-corrected chi connectivity index (χ0v) is 10.9. The van der Waals surface area contributed by atoms with Gasteiger partial charge in [-0.3, -0.25) is 4.79 Å². The molecule has 0 saturated carbocycles. The van der Waals surface area contributed by atoms with Crippen molar-refractivity contribution in [1.82, 2.24) is 10.3 Å². The summed E-state index contributed by atoms with van der Waals surface area (Å²) in [5, 5.41) is 3.84. The monoisotopic (exact) mass is 295 g/mol. The molecule has 1 heterocycles. The third-order valence-electron chi connectivity index (χ3n) is 2.50. The Kier molecular flexibility index (Phi) is 3.81. The van der Waals surface area contributed by atoms with Gasteiger partial charge < -0.3 is 16.0 Å². The van der Waals surface area contributed by atoms with E-state index in [4.69, 9.17) is 5.73 Å². The fourth-order valence-corrected chi connectivity index (χ4v) is 1.98. The molecule has 4 N–H and O–H groups in total. The molecule has 5 heteroatoms. The molecule has 90 valence electrons. The Morgan fingerprint density at radius 1 is 1.41 bits per heavy atom. The van der Waals surface area contributed by atoms with E-state index in [1.54, 1.807) is 0 Å². The van der Waals surface area contributed by atoms with Crippen LogP contribution in [-0.4, -0.2) is 24.0 Å². The van der Waals surface area contributed by atoms with Crippen molar-refractivity contribution in [3.05, 3.63) is 34.4 Å². The topological polar surface area (TPSA) is 70.9 Å². The van der Waals surface area contributed by atoms with Crippen LogP contribution in [0.2, 0.25) is 0 Å². The van der Waals surface area contributed by atoms with Crippen LogP contribution in [0.5, 0.6) is 0 Å². The maximum absolute atomic E-state index is 11.8. The summed E-state index contributed by atoms with van der Waals surface area (Å²) in [6, 6.07) is 7.71. The van der Waals surface area contributed by atoms with E-state index < -0.39 is 0 Å². The number of hydrogen-bond acceptors (Lipinski definition) is 2. The number of hydrogen-bond donors (Lipinski definition) is 3. The van der Waals surface area contributed by atoms with Crippen LogP contribution in [-0.2, 0) is 0 Å². The first kappa shape index (κ1) is 12.1. The van der Waals surface area contributed by atoms with Crippen molar-refractivity contribution in [2.45, 2.75) is 6.42 Å². The number of carbonyl (C=O) groups is 1. The highest BCUT2D eigenvalue weighted by atomic mass is 79.9. The maximum Gasteiger partial charge on any atom is 0.267 e. The van der Waals surface area contributed by atoms with Gasteiger partial charge in [-0.15, -0.1) is 0 Å². The fourth-order valence-electron chi connectivity index (χ4n) is 1.62. The van der Waals surface area contributed by atoms with Crippen molar-refractivity contribution >= 4 is 32.7 Å². The quantitative estimate of drug-likeness (QED) is 0.755. The van der Waals surface area contributed by atoms with E-state index in [-0.39, 0.29) is 5.91 Å². The maximum atomic E-state index is 11.8. The number of aromatic amines is 1. The van der Waals surface area contributed by atoms with Crippen LogP contribution in [0, 0.1) is 0 Å². The largest absolute Gasteiger partial charge is 0.351 e. The van der Waals surface area contributed by atoms with E-state index in [0.717, 1.165) is 21.8 Å². The third kappa shape index (κ3) is 2.87. The lowest BCUT2D eigenvalue weighted by Crippen LogP contribution is -2.26. The molecule has 0 saturated heterocycles. The van der Waals surface area contributed by atoms with Crippen molar-refractivity contribution in [1.29, 1.82) is 0 Å². The van der Waals surface area contributed by atoms with Crippen LogP contribution < -0.4 is 11.1 Å². The van der Waals surface area contributed by atoms with Gasteiger partial charge in [0.15, 0.2) is 0 Å². The summed E-state index contributed by atoms with van der Waals surface area (Å²) in [6.45, 7) is 1.19. The van der Waals surface area contributed by atoms with Crippen molar-refractivity contribution in [3.8, 4) is 0 Å².